The number of ether oxygens (including phenoxy) is 1. The molecular formula is C23H21NO5. The summed E-state index contributed by atoms with van der Waals surface area (Å²) in [7, 11) is 0. The Bertz CT molecular complexity index is 1170. The highest BCUT2D eigenvalue weighted by molar-refractivity contribution is 5.88. The molecule has 1 atom stereocenters. The number of hydrogen-bond donors (Lipinski definition) is 2. The summed E-state index contributed by atoms with van der Waals surface area (Å²) < 4.78 is 11.2. The lowest BCUT2D eigenvalue weighted by atomic mass is 9.93. The Morgan fingerprint density at radius 2 is 1.86 bits per heavy atom. The summed E-state index contributed by atoms with van der Waals surface area (Å²) in [5.41, 5.74) is 2.20. The van der Waals surface area contributed by atoms with Crippen molar-refractivity contribution in [2.45, 2.75) is 25.7 Å². The number of nitrogens with zero attached hydrogens (tertiary/aromatic N) is 1. The van der Waals surface area contributed by atoms with E-state index in [1.807, 2.05) is 18.2 Å². The zero-order chi connectivity index (χ0) is 20.0. The second kappa shape index (κ2) is 7.06. The first-order chi connectivity index (χ1) is 14.1. The van der Waals surface area contributed by atoms with Gasteiger partial charge in [0, 0.05) is 23.1 Å². The van der Waals surface area contributed by atoms with Gasteiger partial charge in [-0.1, -0.05) is 18.2 Å². The molecule has 29 heavy (non-hydrogen) atoms. The second-order valence-corrected chi connectivity index (χ2v) is 7.50. The van der Waals surface area contributed by atoms with Crippen LogP contribution in [0.15, 0.2) is 57.8 Å². The SMILES string of the molecule is O=c1oc2ccccc2cc1C1=CC(O)Oc2c1ccc(O)c2CN1CCCC1. The van der Waals surface area contributed by atoms with E-state index >= 15 is 0 Å². The number of aliphatic hydroxyl groups excluding tert-OH is 1. The zero-order valence-electron chi connectivity index (χ0n) is 15.8. The molecule has 6 heteroatoms. The predicted molar refractivity (Wildman–Crippen MR) is 109 cm³/mol. The summed E-state index contributed by atoms with van der Waals surface area (Å²) in [6, 6.07) is 12.4. The van der Waals surface area contributed by atoms with Gasteiger partial charge in [0.1, 0.15) is 17.1 Å². The van der Waals surface area contributed by atoms with E-state index < -0.39 is 11.9 Å². The summed E-state index contributed by atoms with van der Waals surface area (Å²) >= 11 is 0. The number of hydrogen-bond acceptors (Lipinski definition) is 6. The van der Waals surface area contributed by atoms with Gasteiger partial charge in [-0.2, -0.15) is 0 Å². The third-order valence-electron chi connectivity index (χ3n) is 5.59. The van der Waals surface area contributed by atoms with Crippen molar-refractivity contribution in [1.29, 1.82) is 0 Å². The molecule has 0 bridgehead atoms. The maximum Gasteiger partial charge on any atom is 0.344 e. The summed E-state index contributed by atoms with van der Waals surface area (Å²) in [5.74, 6) is 0.532. The van der Waals surface area contributed by atoms with Crippen LogP contribution in [0.3, 0.4) is 0 Å². The smallest absolute Gasteiger partial charge is 0.344 e. The van der Waals surface area contributed by atoms with E-state index in [1.54, 1.807) is 24.3 Å². The van der Waals surface area contributed by atoms with Crippen LogP contribution in [0.25, 0.3) is 16.5 Å². The van der Waals surface area contributed by atoms with Gasteiger partial charge in [-0.25, -0.2) is 4.79 Å². The topological polar surface area (TPSA) is 83.1 Å². The molecule has 1 saturated heterocycles. The maximum absolute atomic E-state index is 12.7. The number of para-hydroxylation sites is 1. The van der Waals surface area contributed by atoms with Crippen molar-refractivity contribution in [2.75, 3.05) is 13.1 Å². The quantitative estimate of drug-likeness (QED) is 0.667. The minimum absolute atomic E-state index is 0.120. The molecule has 2 aromatic carbocycles. The molecule has 3 aromatic rings. The van der Waals surface area contributed by atoms with Gasteiger partial charge >= 0.3 is 5.63 Å². The summed E-state index contributed by atoms with van der Waals surface area (Å²) in [5, 5.41) is 21.6. The van der Waals surface area contributed by atoms with E-state index in [-0.39, 0.29) is 5.75 Å². The van der Waals surface area contributed by atoms with Crippen molar-refractivity contribution >= 4 is 16.5 Å². The molecular weight excluding hydrogens is 370 g/mol. The van der Waals surface area contributed by atoms with Crippen LogP contribution in [0.1, 0.15) is 29.5 Å². The van der Waals surface area contributed by atoms with Crippen molar-refractivity contribution in [2.24, 2.45) is 0 Å². The van der Waals surface area contributed by atoms with Crippen molar-refractivity contribution in [3.63, 3.8) is 0 Å². The molecule has 148 valence electrons. The van der Waals surface area contributed by atoms with E-state index in [1.165, 1.54) is 6.08 Å². The lowest BCUT2D eigenvalue weighted by Gasteiger charge is -2.26. The van der Waals surface area contributed by atoms with E-state index in [2.05, 4.69) is 4.90 Å². The van der Waals surface area contributed by atoms with Gasteiger partial charge in [-0.05, 0) is 56.3 Å². The summed E-state index contributed by atoms with van der Waals surface area (Å²) in [4.78, 5) is 14.9. The minimum atomic E-state index is -1.22. The van der Waals surface area contributed by atoms with Crippen LogP contribution < -0.4 is 10.4 Å². The Labute approximate surface area is 167 Å². The van der Waals surface area contributed by atoms with Crippen LogP contribution in [0.2, 0.25) is 0 Å². The standard InChI is InChI=1S/C23H21NO5/c25-19-8-7-15-16(17-11-14-5-1-2-6-20(14)28-23(17)27)12-21(26)29-22(15)18(19)13-24-9-3-4-10-24/h1-2,5-8,11-12,21,25-26H,3-4,9-10,13H2. The highest BCUT2D eigenvalue weighted by Gasteiger charge is 2.28. The fourth-order valence-corrected chi connectivity index (χ4v) is 4.15. The molecule has 0 spiro atoms. The molecule has 0 saturated carbocycles. The average Bonchev–Trinajstić information content (AvgIpc) is 3.22. The third kappa shape index (κ3) is 3.20. The molecule has 6 nitrogen and oxygen atoms in total. The van der Waals surface area contributed by atoms with Crippen molar-refractivity contribution < 1.29 is 19.4 Å². The van der Waals surface area contributed by atoms with Crippen molar-refractivity contribution in [3.05, 3.63) is 75.7 Å². The fraction of sp³-hybridized carbons (Fsp3) is 0.261. The Morgan fingerprint density at radius 1 is 1.07 bits per heavy atom. The third-order valence-corrected chi connectivity index (χ3v) is 5.59. The largest absolute Gasteiger partial charge is 0.507 e. The lowest BCUT2D eigenvalue weighted by Crippen LogP contribution is -2.24. The van der Waals surface area contributed by atoms with E-state index in [0.29, 0.717) is 40.1 Å². The monoisotopic (exact) mass is 391 g/mol. The molecule has 2 aliphatic rings. The Morgan fingerprint density at radius 3 is 2.69 bits per heavy atom. The molecule has 0 aliphatic carbocycles. The van der Waals surface area contributed by atoms with Gasteiger partial charge in [0.2, 0.25) is 6.29 Å². The number of benzene rings is 2. The number of rotatable bonds is 3. The van der Waals surface area contributed by atoms with E-state index in [0.717, 1.165) is 31.3 Å². The first kappa shape index (κ1) is 18.0. The van der Waals surface area contributed by atoms with Crippen LogP contribution >= 0.6 is 0 Å². The van der Waals surface area contributed by atoms with E-state index in [4.69, 9.17) is 9.15 Å². The first-order valence-corrected chi connectivity index (χ1v) is 9.77. The first-order valence-electron chi connectivity index (χ1n) is 9.77. The fourth-order valence-electron chi connectivity index (χ4n) is 4.15. The van der Waals surface area contributed by atoms with Gasteiger partial charge in [-0.3, -0.25) is 4.90 Å². The molecule has 3 heterocycles. The van der Waals surface area contributed by atoms with Gasteiger partial charge in [0.25, 0.3) is 0 Å². The number of aliphatic hydroxyl groups is 1. The normalized spacial score (nSPS) is 19.1. The molecule has 5 rings (SSSR count). The zero-order valence-corrected chi connectivity index (χ0v) is 15.8. The van der Waals surface area contributed by atoms with E-state index in [9.17, 15) is 15.0 Å². The number of aromatic hydroxyl groups is 1. The summed E-state index contributed by atoms with van der Waals surface area (Å²) in [6.45, 7) is 2.45. The van der Waals surface area contributed by atoms with Crippen LogP contribution in [0.5, 0.6) is 11.5 Å². The van der Waals surface area contributed by atoms with Crippen molar-refractivity contribution in [3.8, 4) is 11.5 Å². The molecule has 2 aliphatic heterocycles. The van der Waals surface area contributed by atoms with Gasteiger partial charge < -0.3 is 19.4 Å². The van der Waals surface area contributed by atoms with Crippen LogP contribution in [-0.4, -0.2) is 34.5 Å². The number of likely N-dealkylation sites (tertiary alicyclic amines) is 1. The minimum Gasteiger partial charge on any atom is -0.507 e. The maximum atomic E-state index is 12.7. The molecule has 0 radical (unpaired) electrons. The lowest BCUT2D eigenvalue weighted by molar-refractivity contribution is 0.0211. The Hall–Kier alpha value is -3.09. The highest BCUT2D eigenvalue weighted by Crippen LogP contribution is 2.42. The Kier molecular flexibility index (Phi) is 4.38. The van der Waals surface area contributed by atoms with Crippen LogP contribution in [0, 0.1) is 0 Å². The van der Waals surface area contributed by atoms with Gasteiger partial charge in [0.05, 0.1) is 11.1 Å². The molecule has 0 amide bonds. The molecule has 1 aromatic heterocycles. The van der Waals surface area contributed by atoms with Crippen LogP contribution in [0.4, 0.5) is 0 Å². The van der Waals surface area contributed by atoms with Crippen LogP contribution in [-0.2, 0) is 6.54 Å². The highest BCUT2D eigenvalue weighted by atomic mass is 16.6. The average molecular weight is 391 g/mol. The second-order valence-electron chi connectivity index (χ2n) is 7.50. The number of fused-ring (bicyclic) bond motifs is 2. The Balaban J connectivity index is 1.65. The van der Waals surface area contributed by atoms with Gasteiger partial charge in [0.15, 0.2) is 0 Å². The molecule has 1 fully saturated rings. The van der Waals surface area contributed by atoms with Gasteiger partial charge in [-0.15, -0.1) is 0 Å². The van der Waals surface area contributed by atoms with Crippen molar-refractivity contribution in [1.82, 2.24) is 4.90 Å². The summed E-state index contributed by atoms with van der Waals surface area (Å²) in [6.07, 6.45) is 2.54. The predicted octanol–water partition coefficient (Wildman–Crippen LogP) is 3.24. The number of phenolic OH excluding ortho intramolecular Hbond substituents is 1. The molecule has 2 N–H and O–H groups in total. The molecule has 1 unspecified atom stereocenters. The number of phenols is 1.